The molecule has 14 nitrogen and oxygen atoms in total. The normalized spacial score (nSPS) is 25.6. The molecule has 0 aromatic heterocycles. The summed E-state index contributed by atoms with van der Waals surface area (Å²) in [6.45, 7) is 3.30. The summed E-state index contributed by atoms with van der Waals surface area (Å²) in [4.78, 5) is 81.7. The molecule has 4 rings (SSSR count). The SMILES string of the molecule is CC1(C)SC2C(NC(=O)C(N)c3ccccc3)C(=O)N2C1C(=O)N1C(=O)SCC1C(=O)OCCCCO[N+](=O)[O-]. The number of rotatable bonds is 11. The van der Waals surface area contributed by atoms with Gasteiger partial charge in [-0.1, -0.05) is 42.1 Å². The molecule has 4 amide bonds. The zero-order valence-electron chi connectivity index (χ0n) is 21.7. The number of amides is 4. The van der Waals surface area contributed by atoms with E-state index in [1.165, 1.54) is 16.7 Å². The number of esters is 1. The van der Waals surface area contributed by atoms with E-state index in [4.69, 9.17) is 10.5 Å². The van der Waals surface area contributed by atoms with E-state index in [1.807, 2.05) is 0 Å². The molecule has 5 unspecified atom stereocenters. The van der Waals surface area contributed by atoms with E-state index in [0.29, 0.717) is 12.0 Å². The van der Waals surface area contributed by atoms with Gasteiger partial charge in [0.1, 0.15) is 29.5 Å². The molecule has 16 heteroatoms. The van der Waals surface area contributed by atoms with E-state index in [2.05, 4.69) is 10.2 Å². The number of ether oxygens (including phenoxy) is 1. The van der Waals surface area contributed by atoms with Gasteiger partial charge in [0, 0.05) is 10.5 Å². The first-order chi connectivity index (χ1) is 18.9. The minimum atomic E-state index is -1.17. The lowest BCUT2D eigenvalue weighted by atomic mass is 9.94. The fraction of sp³-hybridized carbons (Fsp3) is 0.542. The maximum absolute atomic E-state index is 13.7. The number of thioether (sulfide) groups is 2. The smallest absolute Gasteiger partial charge is 0.330 e. The van der Waals surface area contributed by atoms with Crippen molar-refractivity contribution in [3.8, 4) is 0 Å². The molecular formula is C24H29N5O9S2. The quantitative estimate of drug-likeness (QED) is 0.121. The number of hydrogen-bond donors (Lipinski definition) is 2. The van der Waals surface area contributed by atoms with Crippen LogP contribution in [0, 0.1) is 10.1 Å². The van der Waals surface area contributed by atoms with Gasteiger partial charge in [0.05, 0.1) is 13.2 Å². The van der Waals surface area contributed by atoms with E-state index in [1.54, 1.807) is 44.2 Å². The Bertz CT molecular complexity index is 1200. The van der Waals surface area contributed by atoms with E-state index in [0.717, 1.165) is 16.7 Å². The molecule has 3 fully saturated rings. The van der Waals surface area contributed by atoms with Gasteiger partial charge in [-0.25, -0.2) is 4.79 Å². The molecule has 5 atom stereocenters. The van der Waals surface area contributed by atoms with E-state index >= 15 is 0 Å². The van der Waals surface area contributed by atoms with Crippen LogP contribution in [-0.2, 0) is 28.8 Å². The van der Waals surface area contributed by atoms with Crippen LogP contribution in [-0.4, -0.2) is 91.0 Å². The van der Waals surface area contributed by atoms with E-state index < -0.39 is 68.3 Å². The van der Waals surface area contributed by atoms with Crippen LogP contribution in [0.1, 0.15) is 38.3 Å². The van der Waals surface area contributed by atoms with Gasteiger partial charge in [-0.05, 0) is 32.3 Å². The topological polar surface area (TPSA) is 191 Å². The molecular weight excluding hydrogens is 566 g/mol. The lowest BCUT2D eigenvalue weighted by molar-refractivity contribution is -0.757. The fourth-order valence-electron chi connectivity index (χ4n) is 4.78. The third-order valence-corrected chi connectivity index (χ3v) is 9.27. The van der Waals surface area contributed by atoms with Crippen LogP contribution in [0.2, 0.25) is 0 Å². The van der Waals surface area contributed by atoms with Gasteiger partial charge in [-0.15, -0.1) is 21.9 Å². The highest BCUT2D eigenvalue weighted by molar-refractivity contribution is 8.14. The number of unbranched alkanes of at least 4 members (excludes halogenated alkanes) is 1. The lowest BCUT2D eigenvalue weighted by Gasteiger charge is -2.45. The molecule has 3 aliphatic rings. The Morgan fingerprint density at radius 3 is 2.55 bits per heavy atom. The van der Waals surface area contributed by atoms with E-state index in [9.17, 15) is 34.1 Å². The average Bonchev–Trinajstić information content (AvgIpc) is 3.43. The van der Waals surface area contributed by atoms with Gasteiger partial charge in [-0.2, -0.15) is 0 Å². The number of imide groups is 1. The number of nitrogens with zero attached hydrogens (tertiary/aromatic N) is 3. The first-order valence-electron chi connectivity index (χ1n) is 12.5. The number of nitrogens with two attached hydrogens (primary N) is 1. The Labute approximate surface area is 237 Å². The molecule has 3 heterocycles. The number of benzene rings is 1. The molecule has 0 radical (unpaired) electrons. The fourth-order valence-corrected chi connectivity index (χ4v) is 7.35. The second-order valence-electron chi connectivity index (χ2n) is 9.87. The monoisotopic (exact) mass is 595 g/mol. The largest absolute Gasteiger partial charge is 0.464 e. The number of hydrogen-bond acceptors (Lipinski definition) is 12. The number of carbonyl (C=O) groups is 5. The van der Waals surface area contributed by atoms with Crippen LogP contribution in [0.4, 0.5) is 4.79 Å². The lowest BCUT2D eigenvalue weighted by Crippen LogP contribution is -2.72. The molecule has 40 heavy (non-hydrogen) atoms. The summed E-state index contributed by atoms with van der Waals surface area (Å²) in [5.41, 5.74) is 6.65. The van der Waals surface area contributed by atoms with Crippen molar-refractivity contribution in [3.05, 3.63) is 46.0 Å². The maximum Gasteiger partial charge on any atom is 0.330 e. The van der Waals surface area contributed by atoms with Crippen molar-refractivity contribution in [1.29, 1.82) is 0 Å². The van der Waals surface area contributed by atoms with Crippen LogP contribution in [0.3, 0.4) is 0 Å². The van der Waals surface area contributed by atoms with Crippen LogP contribution in [0.5, 0.6) is 0 Å². The molecule has 3 N–H and O–H groups in total. The van der Waals surface area contributed by atoms with Crippen molar-refractivity contribution in [2.45, 2.75) is 61.0 Å². The summed E-state index contributed by atoms with van der Waals surface area (Å²) in [6.07, 6.45) is 0.563. The third-order valence-electron chi connectivity index (χ3n) is 6.78. The van der Waals surface area contributed by atoms with Crippen molar-refractivity contribution in [2.24, 2.45) is 5.73 Å². The van der Waals surface area contributed by atoms with Crippen LogP contribution >= 0.6 is 23.5 Å². The molecule has 1 aromatic carbocycles. The zero-order valence-corrected chi connectivity index (χ0v) is 23.4. The Morgan fingerprint density at radius 1 is 1.20 bits per heavy atom. The Balaban J connectivity index is 1.39. The predicted molar refractivity (Wildman–Crippen MR) is 143 cm³/mol. The molecule has 0 spiro atoms. The van der Waals surface area contributed by atoms with Gasteiger partial charge in [0.15, 0.2) is 0 Å². The van der Waals surface area contributed by atoms with Crippen molar-refractivity contribution in [1.82, 2.24) is 15.1 Å². The molecule has 0 aliphatic carbocycles. The van der Waals surface area contributed by atoms with Gasteiger partial charge >= 0.3 is 5.97 Å². The van der Waals surface area contributed by atoms with Crippen LogP contribution < -0.4 is 11.1 Å². The van der Waals surface area contributed by atoms with Crippen LogP contribution in [0.25, 0.3) is 0 Å². The molecule has 3 saturated heterocycles. The number of nitrogens with one attached hydrogen (secondary N) is 1. The molecule has 216 valence electrons. The summed E-state index contributed by atoms with van der Waals surface area (Å²) in [5, 5.41) is 10.8. The summed E-state index contributed by atoms with van der Waals surface area (Å²) < 4.78 is 4.37. The van der Waals surface area contributed by atoms with Crippen molar-refractivity contribution < 1.29 is 38.6 Å². The van der Waals surface area contributed by atoms with Crippen molar-refractivity contribution in [2.75, 3.05) is 19.0 Å². The molecule has 1 aromatic rings. The Morgan fingerprint density at radius 2 is 1.88 bits per heavy atom. The molecule has 0 bridgehead atoms. The van der Waals surface area contributed by atoms with Crippen molar-refractivity contribution in [3.63, 3.8) is 0 Å². The highest BCUT2D eigenvalue weighted by Gasteiger charge is 2.65. The minimum Gasteiger partial charge on any atom is -0.464 e. The number of carbonyl (C=O) groups excluding carboxylic acids is 5. The summed E-state index contributed by atoms with van der Waals surface area (Å²) in [6, 6.07) is 4.61. The summed E-state index contributed by atoms with van der Waals surface area (Å²) in [7, 11) is 0. The van der Waals surface area contributed by atoms with Gasteiger partial charge in [0.25, 0.3) is 16.2 Å². The average molecular weight is 596 g/mol. The highest BCUT2D eigenvalue weighted by Crippen LogP contribution is 2.51. The third kappa shape index (κ3) is 5.88. The van der Waals surface area contributed by atoms with E-state index in [-0.39, 0.29) is 25.4 Å². The summed E-state index contributed by atoms with van der Waals surface area (Å²) in [5.74, 6) is -2.49. The molecule has 0 saturated carbocycles. The van der Waals surface area contributed by atoms with Gasteiger partial charge < -0.3 is 25.5 Å². The van der Waals surface area contributed by atoms with Crippen molar-refractivity contribution >= 4 is 52.5 Å². The zero-order chi connectivity index (χ0) is 29.2. The maximum atomic E-state index is 13.7. The second kappa shape index (κ2) is 12.0. The van der Waals surface area contributed by atoms with Gasteiger partial charge in [0.2, 0.25) is 11.8 Å². The Hall–Kier alpha value is -3.37. The minimum absolute atomic E-state index is 0.00155. The van der Waals surface area contributed by atoms with Gasteiger partial charge in [-0.3, -0.25) is 24.1 Å². The Kier molecular flexibility index (Phi) is 8.90. The number of fused-ring (bicyclic) bond motifs is 1. The molecule has 3 aliphatic heterocycles. The summed E-state index contributed by atoms with van der Waals surface area (Å²) >= 11 is 2.12. The standard InChI is InChI=1S/C24H29N5O9S2/c1-24(2)17(20(32)27-14(12-39-23(27)34)22(33)37-10-6-7-11-38-29(35)36)28-19(31)16(21(28)40-24)26-18(30)15(25)13-8-4-3-5-9-13/h3-5,8-9,14-17,21H,6-7,10-12,25H2,1-2H3,(H,26,30). The number of β-lactam (4-membered cyclic amide) rings is 1. The van der Waals surface area contributed by atoms with Crippen LogP contribution in [0.15, 0.2) is 30.3 Å². The second-order valence-corrected chi connectivity index (χ2v) is 12.6. The predicted octanol–water partition coefficient (Wildman–Crippen LogP) is 0.829. The first kappa shape index (κ1) is 29.6. The first-order valence-corrected chi connectivity index (χ1v) is 14.3. The highest BCUT2D eigenvalue weighted by atomic mass is 32.2.